The van der Waals surface area contributed by atoms with Gasteiger partial charge in [0.15, 0.2) is 12.4 Å². The van der Waals surface area contributed by atoms with Gasteiger partial charge in [0.25, 0.3) is 0 Å². The molecule has 0 spiro atoms. The Labute approximate surface area is 266 Å². The Kier molecular flexibility index (Phi) is 19.0. The molecule has 1 rings (SSSR count). The maximum absolute atomic E-state index is 12.4. The summed E-state index contributed by atoms with van der Waals surface area (Å²) < 4.78 is 37.5. The quantitative estimate of drug-likeness (QED) is 0.142. The summed E-state index contributed by atoms with van der Waals surface area (Å²) >= 11 is 0. The van der Waals surface area contributed by atoms with Gasteiger partial charge in [0.1, 0.15) is 17.0 Å². The topological polar surface area (TPSA) is 157 Å². The third kappa shape index (κ3) is 22.8. The molecule has 1 atom stereocenters. The number of ketones is 1. The van der Waals surface area contributed by atoms with E-state index in [1.54, 1.807) is 65.8 Å². The maximum Gasteiger partial charge on any atom is 0.407 e. The zero-order valence-electron chi connectivity index (χ0n) is 27.9. The van der Waals surface area contributed by atoms with Crippen molar-refractivity contribution in [3.8, 4) is 5.75 Å². The lowest BCUT2D eigenvalue weighted by Gasteiger charge is -2.19. The molecule has 1 aromatic carbocycles. The highest BCUT2D eigenvalue weighted by molar-refractivity contribution is 5.87. The van der Waals surface area contributed by atoms with Gasteiger partial charge in [-0.25, -0.2) is 9.59 Å². The number of ether oxygens (including phenoxy) is 7. The van der Waals surface area contributed by atoms with Crippen LogP contribution in [0.4, 0.5) is 4.79 Å². The van der Waals surface area contributed by atoms with Gasteiger partial charge in [-0.2, -0.15) is 0 Å². The van der Waals surface area contributed by atoms with Crippen LogP contribution in [0.1, 0.15) is 60.5 Å². The molecule has 0 saturated carbocycles. The fraction of sp³-hybridized carbons (Fsp3) is 0.688. The van der Waals surface area contributed by atoms with Crippen molar-refractivity contribution in [2.75, 3.05) is 66.0 Å². The second kappa shape index (κ2) is 21.5. The van der Waals surface area contributed by atoms with Crippen LogP contribution in [0.3, 0.4) is 0 Å². The van der Waals surface area contributed by atoms with Crippen molar-refractivity contribution in [2.24, 2.45) is 0 Å². The number of rotatable bonds is 22. The first-order chi connectivity index (χ1) is 21.1. The summed E-state index contributed by atoms with van der Waals surface area (Å²) in [6.45, 7) is 15.1. The van der Waals surface area contributed by atoms with Crippen LogP contribution in [0.5, 0.6) is 5.75 Å². The third-order valence-corrected chi connectivity index (χ3v) is 5.47. The fourth-order valence-electron chi connectivity index (χ4n) is 3.50. The molecule has 0 aliphatic heterocycles. The largest absolute Gasteiger partial charge is 0.482 e. The van der Waals surface area contributed by atoms with Crippen LogP contribution in [0, 0.1) is 0 Å². The molecule has 0 radical (unpaired) electrons. The summed E-state index contributed by atoms with van der Waals surface area (Å²) in [4.78, 5) is 47.8. The van der Waals surface area contributed by atoms with Gasteiger partial charge in [-0.3, -0.25) is 9.59 Å². The van der Waals surface area contributed by atoms with Gasteiger partial charge < -0.3 is 43.8 Å². The van der Waals surface area contributed by atoms with Crippen LogP contribution in [-0.2, 0) is 49.2 Å². The van der Waals surface area contributed by atoms with Gasteiger partial charge in [0, 0.05) is 13.0 Å². The van der Waals surface area contributed by atoms with Crippen LogP contribution in [-0.4, -0.2) is 107 Å². The van der Waals surface area contributed by atoms with Gasteiger partial charge in [-0.15, -0.1) is 0 Å². The average Bonchev–Trinajstić information content (AvgIpc) is 2.92. The molecular formula is C32H52N2O11. The van der Waals surface area contributed by atoms with Gasteiger partial charge in [0.05, 0.1) is 58.9 Å². The number of amides is 2. The van der Waals surface area contributed by atoms with E-state index in [2.05, 4.69) is 10.6 Å². The molecule has 0 aliphatic rings. The lowest BCUT2D eigenvalue weighted by atomic mass is 10.0. The predicted molar refractivity (Wildman–Crippen MR) is 166 cm³/mol. The number of hydrogen-bond acceptors (Lipinski definition) is 11. The SMILES string of the molecule is CC(=O)C(Cc1ccc(OCC(=O)OC(C)(C)C)cc1)NC(=O)CCOCCOCCOCCOCCNC(=O)OC(C)(C)C. The number of Topliss-reactive ketones (excluding diaryl/α,β-unsaturated/α-hetero) is 1. The van der Waals surface area contributed by atoms with Gasteiger partial charge in [-0.05, 0) is 72.6 Å². The average molecular weight is 641 g/mol. The van der Waals surface area contributed by atoms with Crippen LogP contribution in [0.2, 0.25) is 0 Å². The highest BCUT2D eigenvalue weighted by Crippen LogP contribution is 2.15. The number of carbonyl (C=O) groups excluding carboxylic acids is 4. The molecule has 2 N–H and O–H groups in total. The first-order valence-electron chi connectivity index (χ1n) is 15.2. The van der Waals surface area contributed by atoms with E-state index in [0.29, 0.717) is 65.0 Å². The van der Waals surface area contributed by atoms with Crippen molar-refractivity contribution in [3.63, 3.8) is 0 Å². The predicted octanol–water partition coefficient (Wildman–Crippen LogP) is 3.00. The number of hydrogen-bond donors (Lipinski definition) is 2. The Bertz CT molecular complexity index is 1020. The molecular weight excluding hydrogens is 588 g/mol. The van der Waals surface area contributed by atoms with E-state index < -0.39 is 29.3 Å². The van der Waals surface area contributed by atoms with Crippen molar-refractivity contribution in [1.82, 2.24) is 10.6 Å². The smallest absolute Gasteiger partial charge is 0.407 e. The molecule has 45 heavy (non-hydrogen) atoms. The van der Waals surface area contributed by atoms with E-state index in [9.17, 15) is 19.2 Å². The molecule has 13 nitrogen and oxygen atoms in total. The standard InChI is InChI=1S/C32H52N2O11/c1-24(35)27(22-25-8-10-26(11-9-25)43-23-29(37)44-31(2,3)4)34-28(36)12-14-39-16-18-41-20-21-42-19-17-40-15-13-33-30(38)45-32(5,6)7/h8-11,27H,12-23H2,1-7H3,(H,33,38)(H,34,36). The monoisotopic (exact) mass is 640 g/mol. The highest BCUT2D eigenvalue weighted by atomic mass is 16.6. The van der Waals surface area contributed by atoms with E-state index in [0.717, 1.165) is 5.56 Å². The summed E-state index contributed by atoms with van der Waals surface area (Å²) in [5.41, 5.74) is -0.289. The zero-order chi connectivity index (χ0) is 33.7. The summed E-state index contributed by atoms with van der Waals surface area (Å²) in [6, 6.07) is 6.29. The van der Waals surface area contributed by atoms with Crippen LogP contribution in [0.15, 0.2) is 24.3 Å². The van der Waals surface area contributed by atoms with E-state index in [4.69, 9.17) is 33.2 Å². The molecule has 1 unspecified atom stereocenters. The number of carbonyl (C=O) groups is 4. The third-order valence-electron chi connectivity index (χ3n) is 5.47. The molecule has 0 fully saturated rings. The van der Waals surface area contributed by atoms with Gasteiger partial charge >= 0.3 is 12.1 Å². The first-order valence-corrected chi connectivity index (χ1v) is 15.2. The summed E-state index contributed by atoms with van der Waals surface area (Å²) in [5.74, 6) is -0.416. The molecule has 1 aromatic rings. The van der Waals surface area contributed by atoms with Crippen LogP contribution in [0.25, 0.3) is 0 Å². The van der Waals surface area contributed by atoms with E-state index in [-0.39, 0.29) is 31.3 Å². The molecule has 13 heteroatoms. The van der Waals surface area contributed by atoms with Crippen LogP contribution >= 0.6 is 0 Å². The molecule has 0 aromatic heterocycles. The van der Waals surface area contributed by atoms with Crippen molar-refractivity contribution >= 4 is 23.8 Å². The second-order valence-electron chi connectivity index (χ2n) is 12.1. The Morgan fingerprint density at radius 2 is 1.22 bits per heavy atom. The lowest BCUT2D eigenvalue weighted by molar-refractivity contribution is -0.157. The molecule has 0 heterocycles. The number of benzene rings is 1. The Balaban J connectivity index is 2.09. The van der Waals surface area contributed by atoms with Crippen molar-refractivity contribution in [1.29, 1.82) is 0 Å². The van der Waals surface area contributed by atoms with Gasteiger partial charge in [-0.1, -0.05) is 12.1 Å². The second-order valence-corrected chi connectivity index (χ2v) is 12.1. The van der Waals surface area contributed by atoms with Crippen molar-refractivity contribution in [3.05, 3.63) is 29.8 Å². The molecule has 0 saturated heterocycles. The first kappa shape index (κ1) is 39.8. The molecule has 0 bridgehead atoms. The number of esters is 1. The zero-order valence-corrected chi connectivity index (χ0v) is 27.9. The fourth-order valence-corrected chi connectivity index (χ4v) is 3.50. The van der Waals surface area contributed by atoms with Crippen molar-refractivity contribution < 1.29 is 52.3 Å². The molecule has 2 amide bonds. The summed E-state index contributed by atoms with van der Waals surface area (Å²) in [7, 11) is 0. The lowest BCUT2D eigenvalue weighted by Crippen LogP contribution is -2.41. The Hall–Kier alpha value is -3.26. The van der Waals surface area contributed by atoms with E-state index >= 15 is 0 Å². The van der Waals surface area contributed by atoms with Crippen LogP contribution < -0.4 is 15.4 Å². The summed E-state index contributed by atoms with van der Waals surface area (Å²) in [6.07, 6.45) is -0.0476. The van der Waals surface area contributed by atoms with Crippen molar-refractivity contribution in [2.45, 2.75) is 78.6 Å². The minimum atomic E-state index is -0.673. The van der Waals surface area contributed by atoms with E-state index in [1.807, 2.05) is 0 Å². The number of alkyl carbamates (subject to hydrolysis) is 1. The Morgan fingerprint density at radius 3 is 1.73 bits per heavy atom. The highest BCUT2D eigenvalue weighted by Gasteiger charge is 2.19. The minimum absolute atomic E-state index is 0.109. The number of nitrogens with one attached hydrogen (secondary N) is 2. The Morgan fingerprint density at radius 1 is 0.711 bits per heavy atom. The van der Waals surface area contributed by atoms with E-state index in [1.165, 1.54) is 6.92 Å². The maximum atomic E-state index is 12.4. The molecule has 0 aliphatic carbocycles. The van der Waals surface area contributed by atoms with Gasteiger partial charge in [0.2, 0.25) is 5.91 Å². The summed E-state index contributed by atoms with van der Waals surface area (Å²) in [5, 5.41) is 5.37. The normalized spacial score (nSPS) is 12.2. The molecule has 256 valence electrons. The minimum Gasteiger partial charge on any atom is -0.482 e.